The van der Waals surface area contributed by atoms with Crippen LogP contribution in [0.25, 0.3) is 10.1 Å². The average molecular weight is 268 g/mol. The van der Waals surface area contributed by atoms with Gasteiger partial charge in [0.1, 0.15) is 6.61 Å². The number of carboxylic acids is 1. The Morgan fingerprint density at radius 1 is 1.53 bits per heavy atom. The van der Waals surface area contributed by atoms with E-state index in [4.69, 9.17) is 21.5 Å². The molecule has 6 heteroatoms. The van der Waals surface area contributed by atoms with Gasteiger partial charge in [-0.3, -0.25) is 0 Å². The van der Waals surface area contributed by atoms with Gasteiger partial charge in [0, 0.05) is 15.3 Å². The summed E-state index contributed by atoms with van der Waals surface area (Å²) in [6.45, 7) is 0.299. The van der Waals surface area contributed by atoms with E-state index < -0.39 is 5.97 Å². The standard InChI is InChI=1S/C11H6ClNO3S/c12-5-1-2-6-7-4-16-13-9(11(14)15)10(7)17-8(6)3-5/h1-3H,4H2,(H,14,15). The molecule has 4 nitrogen and oxygen atoms in total. The smallest absolute Gasteiger partial charge is 0.359 e. The third kappa shape index (κ3) is 1.59. The third-order valence-corrected chi connectivity index (χ3v) is 3.97. The van der Waals surface area contributed by atoms with E-state index in [0.717, 1.165) is 15.6 Å². The van der Waals surface area contributed by atoms with Crippen molar-refractivity contribution in [3.8, 4) is 0 Å². The fourth-order valence-electron chi connectivity index (χ4n) is 1.80. The Kier molecular flexibility index (Phi) is 2.31. The minimum absolute atomic E-state index is 0.0384. The number of hydrogen-bond acceptors (Lipinski definition) is 4. The largest absolute Gasteiger partial charge is 0.476 e. The maximum Gasteiger partial charge on any atom is 0.359 e. The predicted octanol–water partition coefficient (Wildman–Crippen LogP) is 2.87. The molecular formula is C11H6ClNO3S. The van der Waals surface area contributed by atoms with E-state index in [0.29, 0.717) is 16.5 Å². The Labute approximate surface area is 105 Å². The number of thiophene rings is 1. The molecule has 0 atom stereocenters. The summed E-state index contributed by atoms with van der Waals surface area (Å²) in [7, 11) is 0. The minimum Gasteiger partial charge on any atom is -0.476 e. The number of rotatable bonds is 1. The zero-order valence-corrected chi connectivity index (χ0v) is 10.0. The first kappa shape index (κ1) is 10.6. The van der Waals surface area contributed by atoms with Gasteiger partial charge >= 0.3 is 5.97 Å². The van der Waals surface area contributed by atoms with Gasteiger partial charge in [0.2, 0.25) is 5.71 Å². The highest BCUT2D eigenvalue weighted by molar-refractivity contribution is 7.21. The molecule has 3 rings (SSSR count). The van der Waals surface area contributed by atoms with E-state index in [-0.39, 0.29) is 5.71 Å². The molecule has 0 saturated carbocycles. The van der Waals surface area contributed by atoms with Gasteiger partial charge in [-0.15, -0.1) is 11.3 Å². The van der Waals surface area contributed by atoms with Crippen molar-refractivity contribution in [2.45, 2.75) is 6.61 Å². The number of benzene rings is 1. The van der Waals surface area contributed by atoms with E-state index in [9.17, 15) is 4.79 Å². The molecule has 1 aromatic carbocycles. The lowest BCUT2D eigenvalue weighted by molar-refractivity contribution is -0.129. The van der Waals surface area contributed by atoms with Gasteiger partial charge in [0.05, 0.1) is 4.88 Å². The summed E-state index contributed by atoms with van der Waals surface area (Å²) in [5, 5.41) is 14.2. The van der Waals surface area contributed by atoms with Crippen LogP contribution in [0.2, 0.25) is 5.02 Å². The average Bonchev–Trinajstić information content (AvgIpc) is 2.65. The molecule has 0 spiro atoms. The highest BCUT2D eigenvalue weighted by Crippen LogP contribution is 2.35. The van der Waals surface area contributed by atoms with Crippen molar-refractivity contribution in [3.63, 3.8) is 0 Å². The number of hydrogen-bond donors (Lipinski definition) is 1. The number of fused-ring (bicyclic) bond motifs is 3. The van der Waals surface area contributed by atoms with Crippen LogP contribution in [0, 0.1) is 0 Å². The molecule has 1 N–H and O–H groups in total. The first-order valence-corrected chi connectivity index (χ1v) is 6.01. The van der Waals surface area contributed by atoms with Crippen molar-refractivity contribution >= 4 is 44.7 Å². The van der Waals surface area contributed by atoms with Crippen LogP contribution < -0.4 is 0 Å². The predicted molar refractivity (Wildman–Crippen MR) is 65.8 cm³/mol. The molecule has 0 aliphatic carbocycles. The Morgan fingerprint density at radius 2 is 2.35 bits per heavy atom. The van der Waals surface area contributed by atoms with Gasteiger partial charge in [-0.1, -0.05) is 22.8 Å². The van der Waals surface area contributed by atoms with E-state index in [2.05, 4.69) is 5.16 Å². The van der Waals surface area contributed by atoms with Crippen molar-refractivity contribution in [1.29, 1.82) is 0 Å². The zero-order valence-electron chi connectivity index (χ0n) is 8.44. The number of halogens is 1. The summed E-state index contributed by atoms with van der Waals surface area (Å²) in [5.41, 5.74) is 0.831. The van der Waals surface area contributed by atoms with Crippen LogP contribution in [0.5, 0.6) is 0 Å². The lowest BCUT2D eigenvalue weighted by atomic mass is 10.1. The molecule has 1 aliphatic heterocycles. The molecule has 0 fully saturated rings. The highest BCUT2D eigenvalue weighted by atomic mass is 35.5. The van der Waals surface area contributed by atoms with Crippen LogP contribution in [0.4, 0.5) is 0 Å². The number of aliphatic carboxylic acids is 1. The van der Waals surface area contributed by atoms with Crippen LogP contribution >= 0.6 is 22.9 Å². The normalized spacial score (nSPS) is 14.1. The second kappa shape index (κ2) is 3.72. The second-order valence-electron chi connectivity index (χ2n) is 3.57. The van der Waals surface area contributed by atoms with E-state index in [1.807, 2.05) is 12.1 Å². The van der Waals surface area contributed by atoms with Gasteiger partial charge in [0.15, 0.2) is 0 Å². The lowest BCUT2D eigenvalue weighted by Crippen LogP contribution is -2.18. The monoisotopic (exact) mass is 267 g/mol. The lowest BCUT2D eigenvalue weighted by Gasteiger charge is -2.09. The quantitative estimate of drug-likeness (QED) is 0.864. The third-order valence-electron chi connectivity index (χ3n) is 2.54. The minimum atomic E-state index is -1.08. The van der Waals surface area contributed by atoms with Gasteiger partial charge < -0.3 is 9.94 Å². The topological polar surface area (TPSA) is 58.9 Å². The molecule has 17 heavy (non-hydrogen) atoms. The molecule has 0 unspecified atom stereocenters. The molecular weight excluding hydrogens is 262 g/mol. The van der Waals surface area contributed by atoms with Crippen LogP contribution in [0.15, 0.2) is 23.4 Å². The van der Waals surface area contributed by atoms with Gasteiger partial charge in [-0.05, 0) is 17.5 Å². The van der Waals surface area contributed by atoms with Crippen molar-refractivity contribution in [2.75, 3.05) is 0 Å². The molecule has 0 amide bonds. The van der Waals surface area contributed by atoms with Crippen molar-refractivity contribution in [3.05, 3.63) is 33.7 Å². The highest BCUT2D eigenvalue weighted by Gasteiger charge is 2.26. The molecule has 86 valence electrons. The molecule has 2 heterocycles. The molecule has 1 aliphatic rings. The molecule has 0 bridgehead atoms. The summed E-state index contributed by atoms with van der Waals surface area (Å²) in [6.07, 6.45) is 0. The molecule has 0 saturated heterocycles. The maximum absolute atomic E-state index is 11.0. The fourth-order valence-corrected chi connectivity index (χ4v) is 3.25. The summed E-state index contributed by atoms with van der Waals surface area (Å²) in [4.78, 5) is 16.6. The van der Waals surface area contributed by atoms with Crippen LogP contribution in [-0.4, -0.2) is 16.8 Å². The first-order valence-electron chi connectivity index (χ1n) is 4.81. The van der Waals surface area contributed by atoms with E-state index >= 15 is 0 Å². The van der Waals surface area contributed by atoms with Crippen LogP contribution in [0.1, 0.15) is 10.4 Å². The Hall–Kier alpha value is -1.59. The van der Waals surface area contributed by atoms with Crippen LogP contribution in [-0.2, 0) is 16.2 Å². The van der Waals surface area contributed by atoms with Crippen molar-refractivity contribution in [2.24, 2.45) is 5.16 Å². The number of oxime groups is 1. The Morgan fingerprint density at radius 3 is 3.12 bits per heavy atom. The number of carbonyl (C=O) groups is 1. The number of nitrogens with zero attached hydrogens (tertiary/aromatic N) is 1. The maximum atomic E-state index is 11.0. The molecule has 2 aromatic rings. The van der Waals surface area contributed by atoms with Crippen molar-refractivity contribution < 1.29 is 14.7 Å². The summed E-state index contributed by atoms with van der Waals surface area (Å²) in [6, 6.07) is 5.48. The molecule has 0 radical (unpaired) electrons. The zero-order chi connectivity index (χ0) is 12.0. The van der Waals surface area contributed by atoms with E-state index in [1.165, 1.54) is 11.3 Å². The second-order valence-corrected chi connectivity index (χ2v) is 5.06. The van der Waals surface area contributed by atoms with Crippen LogP contribution in [0.3, 0.4) is 0 Å². The van der Waals surface area contributed by atoms with E-state index in [1.54, 1.807) is 6.07 Å². The fraction of sp³-hybridized carbons (Fsp3) is 0.0909. The Balaban J connectivity index is 2.30. The van der Waals surface area contributed by atoms with Gasteiger partial charge in [-0.2, -0.15) is 0 Å². The van der Waals surface area contributed by atoms with Gasteiger partial charge in [0.25, 0.3) is 0 Å². The SMILES string of the molecule is O=C(O)C1=NOCc2c1sc1cc(Cl)ccc21. The summed E-state index contributed by atoms with van der Waals surface area (Å²) < 4.78 is 0.946. The Bertz CT molecular complexity index is 662. The first-order chi connectivity index (χ1) is 8.16. The van der Waals surface area contributed by atoms with Crippen molar-refractivity contribution in [1.82, 2.24) is 0 Å². The summed E-state index contributed by atoms with van der Waals surface area (Å²) in [5.74, 6) is -1.08. The molecule has 1 aromatic heterocycles. The number of carboxylic acid groups (broad SMARTS) is 1. The summed E-state index contributed by atoms with van der Waals surface area (Å²) >= 11 is 7.28. The van der Waals surface area contributed by atoms with Gasteiger partial charge in [-0.25, -0.2) is 4.79 Å².